The molecular formula is C30H40N4O2. The molecule has 0 bridgehead atoms. The number of hydrogen-bond acceptors (Lipinski definition) is 3. The van der Waals surface area contributed by atoms with Crippen LogP contribution in [0.2, 0.25) is 0 Å². The van der Waals surface area contributed by atoms with Gasteiger partial charge in [0.2, 0.25) is 5.91 Å². The monoisotopic (exact) mass is 488 g/mol. The van der Waals surface area contributed by atoms with Crippen LogP contribution in [0, 0.1) is 6.92 Å². The molecule has 0 fully saturated rings. The Hall–Kier alpha value is -3.41. The van der Waals surface area contributed by atoms with Gasteiger partial charge in [-0.2, -0.15) is 5.10 Å². The number of aryl methyl sites for hydroxylation is 2. The van der Waals surface area contributed by atoms with Gasteiger partial charge in [0.15, 0.2) is 0 Å². The molecule has 0 aliphatic carbocycles. The number of nitrogens with one attached hydrogen (secondary N) is 1. The maximum Gasteiger partial charge on any atom is 0.254 e. The van der Waals surface area contributed by atoms with E-state index in [9.17, 15) is 9.59 Å². The van der Waals surface area contributed by atoms with Gasteiger partial charge in [-0.05, 0) is 56.0 Å². The van der Waals surface area contributed by atoms with E-state index in [0.717, 1.165) is 29.8 Å². The highest BCUT2D eigenvalue weighted by molar-refractivity contribution is 5.99. The largest absolute Gasteiger partial charge is 0.330 e. The van der Waals surface area contributed by atoms with E-state index < -0.39 is 0 Å². The van der Waals surface area contributed by atoms with Crippen molar-refractivity contribution < 1.29 is 9.59 Å². The third-order valence-corrected chi connectivity index (χ3v) is 6.36. The van der Waals surface area contributed by atoms with E-state index in [-0.39, 0.29) is 23.8 Å². The summed E-state index contributed by atoms with van der Waals surface area (Å²) >= 11 is 0. The molecule has 0 aliphatic rings. The molecule has 3 rings (SSSR count). The number of para-hydroxylation sites is 1. The lowest BCUT2D eigenvalue weighted by Gasteiger charge is -2.21. The third kappa shape index (κ3) is 6.84. The first-order valence-electron chi connectivity index (χ1n) is 13.0. The van der Waals surface area contributed by atoms with E-state index in [1.165, 1.54) is 18.4 Å². The Bertz CT molecular complexity index is 1170. The Morgan fingerprint density at radius 2 is 1.69 bits per heavy atom. The number of amides is 2. The van der Waals surface area contributed by atoms with Gasteiger partial charge in [-0.15, -0.1) is 0 Å². The van der Waals surface area contributed by atoms with E-state index in [0.29, 0.717) is 17.9 Å². The van der Waals surface area contributed by atoms with Gasteiger partial charge in [0.1, 0.15) is 12.4 Å². The summed E-state index contributed by atoms with van der Waals surface area (Å²) in [5.41, 5.74) is 4.50. The van der Waals surface area contributed by atoms with Crippen molar-refractivity contribution in [3.05, 3.63) is 77.0 Å². The fourth-order valence-electron chi connectivity index (χ4n) is 4.08. The number of carbonyl (C=O) groups is 2. The van der Waals surface area contributed by atoms with Crippen LogP contribution in [0.25, 0.3) is 5.69 Å². The molecular weight excluding hydrogens is 448 g/mol. The van der Waals surface area contributed by atoms with Crippen LogP contribution in [-0.4, -0.2) is 39.6 Å². The van der Waals surface area contributed by atoms with Crippen molar-refractivity contribution in [3.8, 4) is 5.69 Å². The lowest BCUT2D eigenvalue weighted by Crippen LogP contribution is -2.38. The van der Waals surface area contributed by atoms with E-state index in [2.05, 4.69) is 33.0 Å². The molecule has 0 unspecified atom stereocenters. The van der Waals surface area contributed by atoms with Crippen molar-refractivity contribution in [1.29, 1.82) is 0 Å². The summed E-state index contributed by atoms with van der Waals surface area (Å²) in [6.45, 7) is 12.8. The number of benzene rings is 2. The molecule has 1 heterocycles. The summed E-state index contributed by atoms with van der Waals surface area (Å²) < 4.78 is 1.78. The van der Waals surface area contributed by atoms with Crippen LogP contribution in [0.3, 0.4) is 0 Å². The molecule has 6 nitrogen and oxygen atoms in total. The Balaban J connectivity index is 1.75. The first-order valence-corrected chi connectivity index (χ1v) is 13.0. The molecule has 0 saturated heterocycles. The predicted octanol–water partition coefficient (Wildman–Crippen LogP) is 6.31. The van der Waals surface area contributed by atoms with Gasteiger partial charge < -0.3 is 10.2 Å². The number of likely N-dealkylation sites (N-methyl/N-ethyl adjacent to an activating group) is 1. The molecule has 192 valence electrons. The normalized spacial score (nSPS) is 11.4. The number of anilines is 1. The highest BCUT2D eigenvalue weighted by Crippen LogP contribution is 2.27. The SMILES string of the molecule is CCCCCc1ccc(C(=O)N(CC)CC(=O)Nc2cc(C(C)(C)C)nn2-c2ccccc2C)cc1. The van der Waals surface area contributed by atoms with Crippen molar-refractivity contribution in [2.45, 2.75) is 72.6 Å². The van der Waals surface area contributed by atoms with Crippen molar-refractivity contribution in [2.24, 2.45) is 0 Å². The second kappa shape index (κ2) is 12.0. The van der Waals surface area contributed by atoms with Crippen LogP contribution in [0.15, 0.2) is 54.6 Å². The number of unbranched alkanes of at least 4 members (excludes halogenated alkanes) is 2. The quantitative estimate of drug-likeness (QED) is 0.340. The Labute approximate surface area is 215 Å². The highest BCUT2D eigenvalue weighted by atomic mass is 16.2. The minimum absolute atomic E-state index is 0.0304. The predicted molar refractivity (Wildman–Crippen MR) is 147 cm³/mol. The van der Waals surface area contributed by atoms with Gasteiger partial charge in [-0.1, -0.05) is 70.9 Å². The molecule has 36 heavy (non-hydrogen) atoms. The summed E-state index contributed by atoms with van der Waals surface area (Å²) in [6, 6.07) is 17.6. The average Bonchev–Trinajstić information content (AvgIpc) is 3.27. The number of rotatable bonds is 10. The molecule has 0 radical (unpaired) electrons. The van der Waals surface area contributed by atoms with Crippen molar-refractivity contribution in [2.75, 3.05) is 18.4 Å². The Kier molecular flexibility index (Phi) is 9.08. The van der Waals surface area contributed by atoms with Crippen molar-refractivity contribution >= 4 is 17.6 Å². The molecule has 2 amide bonds. The fourth-order valence-corrected chi connectivity index (χ4v) is 4.08. The van der Waals surface area contributed by atoms with Crippen LogP contribution in [0.5, 0.6) is 0 Å². The second-order valence-electron chi connectivity index (χ2n) is 10.4. The molecule has 0 saturated carbocycles. The molecule has 2 aromatic carbocycles. The standard InChI is InChI=1S/C30H40N4O2/c1-7-9-10-14-23-16-18-24(19-17-23)29(36)33(8-2)21-28(35)31-27-20-26(30(4,5)6)32-34(27)25-15-12-11-13-22(25)3/h11-13,15-20H,7-10,14,21H2,1-6H3,(H,31,35). The van der Waals surface area contributed by atoms with Crippen LogP contribution in [0.4, 0.5) is 5.82 Å². The maximum absolute atomic E-state index is 13.1. The molecule has 1 N–H and O–H groups in total. The number of carbonyl (C=O) groups excluding carboxylic acids is 2. The molecule has 6 heteroatoms. The zero-order valence-corrected chi connectivity index (χ0v) is 22.6. The summed E-state index contributed by atoms with van der Waals surface area (Å²) in [5, 5.41) is 7.81. The number of nitrogens with zero attached hydrogens (tertiary/aromatic N) is 3. The summed E-state index contributed by atoms with van der Waals surface area (Å²) in [4.78, 5) is 27.8. The van der Waals surface area contributed by atoms with Gasteiger partial charge in [-0.25, -0.2) is 4.68 Å². The molecule has 1 aromatic heterocycles. The summed E-state index contributed by atoms with van der Waals surface area (Å²) in [6.07, 6.45) is 4.57. The molecule has 0 atom stereocenters. The van der Waals surface area contributed by atoms with Gasteiger partial charge in [-0.3, -0.25) is 9.59 Å². The zero-order valence-electron chi connectivity index (χ0n) is 22.6. The van der Waals surface area contributed by atoms with Gasteiger partial charge in [0.25, 0.3) is 5.91 Å². The smallest absolute Gasteiger partial charge is 0.254 e. The van der Waals surface area contributed by atoms with Crippen LogP contribution < -0.4 is 5.32 Å². The van der Waals surface area contributed by atoms with Crippen LogP contribution in [0.1, 0.15) is 81.1 Å². The third-order valence-electron chi connectivity index (χ3n) is 6.36. The molecule has 0 spiro atoms. The molecule has 3 aromatic rings. The van der Waals surface area contributed by atoms with Crippen molar-refractivity contribution in [1.82, 2.24) is 14.7 Å². The maximum atomic E-state index is 13.1. The minimum Gasteiger partial charge on any atom is -0.330 e. The first-order chi connectivity index (χ1) is 17.1. The van der Waals surface area contributed by atoms with Crippen molar-refractivity contribution in [3.63, 3.8) is 0 Å². The summed E-state index contributed by atoms with van der Waals surface area (Å²) in [7, 11) is 0. The van der Waals surface area contributed by atoms with Gasteiger partial charge >= 0.3 is 0 Å². The van der Waals surface area contributed by atoms with E-state index in [4.69, 9.17) is 5.10 Å². The van der Waals surface area contributed by atoms with Gasteiger partial charge in [0.05, 0.1) is 11.4 Å². The van der Waals surface area contributed by atoms with E-state index in [1.54, 1.807) is 9.58 Å². The first kappa shape index (κ1) is 27.2. The Morgan fingerprint density at radius 1 is 1.00 bits per heavy atom. The highest BCUT2D eigenvalue weighted by Gasteiger charge is 2.23. The summed E-state index contributed by atoms with van der Waals surface area (Å²) in [5.74, 6) is 0.200. The minimum atomic E-state index is -0.253. The molecule has 0 aliphatic heterocycles. The van der Waals surface area contributed by atoms with E-state index in [1.807, 2.05) is 68.4 Å². The lowest BCUT2D eigenvalue weighted by molar-refractivity contribution is -0.116. The number of aromatic nitrogens is 2. The zero-order chi connectivity index (χ0) is 26.3. The second-order valence-corrected chi connectivity index (χ2v) is 10.4. The topological polar surface area (TPSA) is 67.2 Å². The Morgan fingerprint density at radius 3 is 2.31 bits per heavy atom. The fraction of sp³-hybridized carbons (Fsp3) is 0.433. The van der Waals surface area contributed by atoms with Gasteiger partial charge in [0, 0.05) is 23.6 Å². The lowest BCUT2D eigenvalue weighted by atomic mass is 9.92. The van der Waals surface area contributed by atoms with Crippen LogP contribution in [-0.2, 0) is 16.6 Å². The average molecular weight is 489 g/mol. The number of hydrogen-bond donors (Lipinski definition) is 1. The van der Waals surface area contributed by atoms with E-state index >= 15 is 0 Å². The van der Waals surface area contributed by atoms with Crippen LogP contribution >= 0.6 is 0 Å².